The van der Waals surface area contributed by atoms with Crippen molar-refractivity contribution in [3.05, 3.63) is 29.3 Å². The summed E-state index contributed by atoms with van der Waals surface area (Å²) in [6.45, 7) is 8.63. The topological polar surface area (TPSA) is 78.3 Å². The van der Waals surface area contributed by atoms with Crippen molar-refractivity contribution in [2.45, 2.75) is 40.5 Å². The molecule has 4 nitrogen and oxygen atoms in total. The van der Waals surface area contributed by atoms with Crippen LogP contribution in [0, 0.1) is 18.3 Å². The summed E-state index contributed by atoms with van der Waals surface area (Å²) in [5.41, 5.74) is 14.1. The zero-order valence-corrected chi connectivity index (χ0v) is 13.6. The van der Waals surface area contributed by atoms with E-state index in [0.29, 0.717) is 25.4 Å². The molecule has 0 saturated carbocycles. The van der Waals surface area contributed by atoms with Crippen molar-refractivity contribution in [1.82, 2.24) is 0 Å². The third-order valence-corrected chi connectivity index (χ3v) is 3.91. The van der Waals surface area contributed by atoms with E-state index < -0.39 is 5.41 Å². The van der Waals surface area contributed by atoms with E-state index in [0.717, 1.165) is 16.8 Å². The van der Waals surface area contributed by atoms with Crippen molar-refractivity contribution < 1.29 is 9.53 Å². The summed E-state index contributed by atoms with van der Waals surface area (Å²) in [5.74, 6) is 0.155. The van der Waals surface area contributed by atoms with Crippen LogP contribution in [0.25, 0.3) is 0 Å². The number of esters is 1. The van der Waals surface area contributed by atoms with Gasteiger partial charge < -0.3 is 16.2 Å². The molecule has 0 aliphatic heterocycles. The Balaban J connectivity index is 3.17. The van der Waals surface area contributed by atoms with E-state index in [4.69, 9.17) is 16.2 Å². The molecule has 0 heterocycles. The number of rotatable bonds is 7. The number of hydrogen-bond acceptors (Lipinski definition) is 4. The minimum Gasteiger partial charge on any atom is -0.466 e. The molecule has 1 unspecified atom stereocenters. The normalized spacial score (nSPS) is 14.0. The standard InChI is InChI=1S/C17H28N2O2/c1-5-21-16(20)17(11-18,9-12(2)3)10-14-7-6-8-15(19)13(14)4/h6-8,12H,5,9-11,18-19H2,1-4H3. The fourth-order valence-corrected chi connectivity index (χ4v) is 2.79. The second kappa shape index (κ2) is 7.46. The SMILES string of the molecule is CCOC(=O)C(CN)(Cc1cccc(N)c1C)CC(C)C. The Morgan fingerprint density at radius 2 is 2.05 bits per heavy atom. The van der Waals surface area contributed by atoms with Crippen molar-refractivity contribution >= 4 is 11.7 Å². The van der Waals surface area contributed by atoms with E-state index in [-0.39, 0.29) is 12.5 Å². The van der Waals surface area contributed by atoms with Gasteiger partial charge in [0.15, 0.2) is 0 Å². The van der Waals surface area contributed by atoms with Crippen molar-refractivity contribution in [3.8, 4) is 0 Å². The molecule has 118 valence electrons. The molecule has 4 N–H and O–H groups in total. The first kappa shape index (κ1) is 17.5. The number of carbonyl (C=O) groups is 1. The highest BCUT2D eigenvalue weighted by Crippen LogP contribution is 2.33. The molecule has 1 rings (SSSR count). The highest BCUT2D eigenvalue weighted by molar-refractivity contribution is 5.78. The lowest BCUT2D eigenvalue weighted by molar-refractivity contribution is -0.156. The number of benzene rings is 1. The van der Waals surface area contributed by atoms with Crippen LogP contribution >= 0.6 is 0 Å². The van der Waals surface area contributed by atoms with Crippen molar-refractivity contribution in [2.24, 2.45) is 17.1 Å². The highest BCUT2D eigenvalue weighted by Gasteiger charge is 2.39. The molecular formula is C17H28N2O2. The van der Waals surface area contributed by atoms with Gasteiger partial charge in [-0.15, -0.1) is 0 Å². The van der Waals surface area contributed by atoms with Gasteiger partial charge in [-0.25, -0.2) is 0 Å². The molecule has 1 atom stereocenters. The quantitative estimate of drug-likeness (QED) is 0.598. The van der Waals surface area contributed by atoms with Crippen LogP contribution in [0.15, 0.2) is 18.2 Å². The first-order valence-electron chi connectivity index (χ1n) is 7.57. The molecule has 0 saturated heterocycles. The lowest BCUT2D eigenvalue weighted by Gasteiger charge is -2.32. The van der Waals surface area contributed by atoms with Crippen LogP contribution in [0.4, 0.5) is 5.69 Å². The van der Waals surface area contributed by atoms with Gasteiger partial charge in [-0.3, -0.25) is 4.79 Å². The zero-order valence-electron chi connectivity index (χ0n) is 13.6. The van der Waals surface area contributed by atoms with Gasteiger partial charge in [0.1, 0.15) is 0 Å². The maximum Gasteiger partial charge on any atom is 0.313 e. The number of carbonyl (C=O) groups excluding carboxylic acids is 1. The summed E-state index contributed by atoms with van der Waals surface area (Å²) >= 11 is 0. The van der Waals surface area contributed by atoms with Gasteiger partial charge in [-0.05, 0) is 49.8 Å². The molecule has 0 bridgehead atoms. The minimum atomic E-state index is -0.678. The summed E-state index contributed by atoms with van der Waals surface area (Å²) in [4.78, 5) is 12.5. The summed E-state index contributed by atoms with van der Waals surface area (Å²) in [7, 11) is 0. The average Bonchev–Trinajstić information content (AvgIpc) is 2.42. The molecule has 1 aromatic carbocycles. The summed E-state index contributed by atoms with van der Waals surface area (Å²) in [6, 6.07) is 5.80. The lowest BCUT2D eigenvalue weighted by atomic mass is 9.74. The number of nitrogen functional groups attached to an aromatic ring is 1. The molecule has 0 amide bonds. The molecule has 21 heavy (non-hydrogen) atoms. The van der Waals surface area contributed by atoms with Crippen molar-refractivity contribution in [3.63, 3.8) is 0 Å². The van der Waals surface area contributed by atoms with Gasteiger partial charge in [-0.1, -0.05) is 26.0 Å². The zero-order chi connectivity index (χ0) is 16.0. The average molecular weight is 292 g/mol. The monoisotopic (exact) mass is 292 g/mol. The lowest BCUT2D eigenvalue weighted by Crippen LogP contribution is -2.43. The Labute approximate surface area is 127 Å². The predicted octanol–water partition coefficient (Wildman–Crippen LogP) is 2.67. The van der Waals surface area contributed by atoms with Crippen LogP contribution in [0.1, 0.15) is 38.3 Å². The smallest absolute Gasteiger partial charge is 0.313 e. The summed E-state index contributed by atoms with van der Waals surface area (Å²) < 4.78 is 5.29. The van der Waals surface area contributed by atoms with Gasteiger partial charge in [0, 0.05) is 12.2 Å². The Hall–Kier alpha value is -1.55. The van der Waals surface area contributed by atoms with E-state index in [1.165, 1.54) is 0 Å². The van der Waals surface area contributed by atoms with Crippen LogP contribution in [-0.2, 0) is 16.0 Å². The molecule has 0 aromatic heterocycles. The summed E-state index contributed by atoms with van der Waals surface area (Å²) in [5, 5.41) is 0. The molecule has 0 fully saturated rings. The van der Waals surface area contributed by atoms with Gasteiger partial charge in [-0.2, -0.15) is 0 Å². The third kappa shape index (κ3) is 4.21. The molecule has 0 radical (unpaired) electrons. The van der Waals surface area contributed by atoms with E-state index >= 15 is 0 Å². The van der Waals surface area contributed by atoms with Crippen LogP contribution in [-0.4, -0.2) is 19.1 Å². The van der Waals surface area contributed by atoms with Gasteiger partial charge in [0.05, 0.1) is 12.0 Å². The maximum atomic E-state index is 12.5. The van der Waals surface area contributed by atoms with E-state index in [9.17, 15) is 4.79 Å². The Morgan fingerprint density at radius 3 is 2.57 bits per heavy atom. The first-order valence-corrected chi connectivity index (χ1v) is 7.57. The van der Waals surface area contributed by atoms with Crippen molar-refractivity contribution in [2.75, 3.05) is 18.9 Å². The Bertz CT molecular complexity index is 486. The molecule has 4 heteroatoms. The molecular weight excluding hydrogens is 264 g/mol. The van der Waals surface area contributed by atoms with Crippen LogP contribution in [0.5, 0.6) is 0 Å². The van der Waals surface area contributed by atoms with E-state index in [1.54, 1.807) is 0 Å². The number of hydrogen-bond donors (Lipinski definition) is 2. The summed E-state index contributed by atoms with van der Waals surface area (Å²) in [6.07, 6.45) is 1.27. The Kier molecular flexibility index (Phi) is 6.21. The fourth-order valence-electron chi connectivity index (χ4n) is 2.79. The van der Waals surface area contributed by atoms with Crippen LogP contribution in [0.3, 0.4) is 0 Å². The molecule has 0 spiro atoms. The number of nitrogens with two attached hydrogens (primary N) is 2. The highest BCUT2D eigenvalue weighted by atomic mass is 16.5. The van der Waals surface area contributed by atoms with Gasteiger partial charge >= 0.3 is 5.97 Å². The minimum absolute atomic E-state index is 0.206. The van der Waals surface area contributed by atoms with Gasteiger partial charge in [0.2, 0.25) is 0 Å². The maximum absolute atomic E-state index is 12.5. The van der Waals surface area contributed by atoms with Gasteiger partial charge in [0.25, 0.3) is 0 Å². The Morgan fingerprint density at radius 1 is 1.38 bits per heavy atom. The van der Waals surface area contributed by atoms with E-state index in [1.807, 2.05) is 32.0 Å². The fraction of sp³-hybridized carbons (Fsp3) is 0.588. The predicted molar refractivity (Wildman–Crippen MR) is 86.9 cm³/mol. The molecule has 0 aliphatic carbocycles. The molecule has 1 aromatic rings. The largest absolute Gasteiger partial charge is 0.466 e. The van der Waals surface area contributed by atoms with Crippen LogP contribution < -0.4 is 11.5 Å². The third-order valence-electron chi connectivity index (χ3n) is 3.91. The van der Waals surface area contributed by atoms with Crippen LogP contribution in [0.2, 0.25) is 0 Å². The number of ether oxygens (including phenoxy) is 1. The first-order chi connectivity index (χ1) is 9.86. The second-order valence-corrected chi connectivity index (χ2v) is 6.11. The van der Waals surface area contributed by atoms with Crippen molar-refractivity contribution in [1.29, 1.82) is 0 Å². The molecule has 0 aliphatic rings. The second-order valence-electron chi connectivity index (χ2n) is 6.11. The van der Waals surface area contributed by atoms with E-state index in [2.05, 4.69) is 13.8 Å². The number of anilines is 1.